The van der Waals surface area contributed by atoms with Crippen molar-refractivity contribution < 1.29 is 0 Å². The van der Waals surface area contributed by atoms with Crippen molar-refractivity contribution >= 4 is 5.71 Å². The van der Waals surface area contributed by atoms with Gasteiger partial charge in [-0.1, -0.05) is 26.5 Å². The summed E-state index contributed by atoms with van der Waals surface area (Å²) in [6.45, 7) is 9.79. The highest BCUT2D eigenvalue weighted by atomic mass is 14.4. The first-order valence-electron chi connectivity index (χ1n) is 4.07. The Balaban J connectivity index is 4.64. The van der Waals surface area contributed by atoms with E-state index in [0.29, 0.717) is 0 Å². The zero-order valence-electron chi connectivity index (χ0n) is 7.70. The largest absolute Gasteiger partial charge is 0.305 e. The van der Waals surface area contributed by atoms with Gasteiger partial charge in [-0.2, -0.15) is 0 Å². The summed E-state index contributed by atoms with van der Waals surface area (Å²) in [5, 5.41) is 7.62. The monoisotopic (exact) mass is 151 g/mol. The molecular weight excluding hydrogens is 134 g/mol. The van der Waals surface area contributed by atoms with Gasteiger partial charge in [-0.3, -0.25) is 0 Å². The molecule has 0 aliphatic rings. The van der Waals surface area contributed by atoms with Crippen molar-refractivity contribution in [1.29, 1.82) is 5.41 Å². The lowest BCUT2D eigenvalue weighted by molar-refractivity contribution is 1.10. The van der Waals surface area contributed by atoms with E-state index < -0.39 is 0 Å². The highest BCUT2D eigenvalue weighted by Crippen LogP contribution is 2.12. The molecule has 0 aliphatic heterocycles. The molecule has 0 saturated carbocycles. The highest BCUT2D eigenvalue weighted by molar-refractivity contribution is 5.98. The third-order valence-corrected chi connectivity index (χ3v) is 1.85. The quantitative estimate of drug-likeness (QED) is 0.470. The first-order chi connectivity index (χ1) is 5.17. The number of nitrogens with one attached hydrogen (secondary N) is 1. The van der Waals surface area contributed by atoms with Gasteiger partial charge in [0.25, 0.3) is 0 Å². The van der Waals surface area contributed by atoms with E-state index in [0.717, 1.165) is 29.7 Å². The third-order valence-electron chi connectivity index (χ3n) is 1.85. The van der Waals surface area contributed by atoms with Crippen LogP contribution < -0.4 is 0 Å². The standard InChI is InChI=1S/C10H17N/c1-5-8(4)9(6-2)10(11)7-3/h5,11H,1,6-7H2,2-4H3/b9-8-,11-10?. The minimum Gasteiger partial charge on any atom is -0.305 e. The predicted molar refractivity (Wildman–Crippen MR) is 51.2 cm³/mol. The zero-order chi connectivity index (χ0) is 8.85. The third kappa shape index (κ3) is 2.71. The van der Waals surface area contributed by atoms with E-state index >= 15 is 0 Å². The maximum absolute atomic E-state index is 7.62. The predicted octanol–water partition coefficient (Wildman–Crippen LogP) is 3.33. The lowest BCUT2D eigenvalue weighted by Gasteiger charge is -2.06. The Morgan fingerprint density at radius 3 is 2.18 bits per heavy atom. The van der Waals surface area contributed by atoms with Gasteiger partial charge in [-0.05, 0) is 30.9 Å². The van der Waals surface area contributed by atoms with Crippen LogP contribution in [0.5, 0.6) is 0 Å². The molecule has 0 heterocycles. The van der Waals surface area contributed by atoms with Gasteiger partial charge in [-0.25, -0.2) is 0 Å². The van der Waals surface area contributed by atoms with Crippen molar-refractivity contribution in [3.05, 3.63) is 23.8 Å². The second-order valence-corrected chi connectivity index (χ2v) is 2.55. The molecule has 0 rings (SSSR count). The van der Waals surface area contributed by atoms with E-state index in [1.54, 1.807) is 0 Å². The number of hydrogen-bond donors (Lipinski definition) is 1. The van der Waals surface area contributed by atoms with Gasteiger partial charge in [0.05, 0.1) is 0 Å². The maximum atomic E-state index is 7.62. The average molecular weight is 151 g/mol. The number of rotatable bonds is 4. The summed E-state index contributed by atoms with van der Waals surface area (Å²) in [5.41, 5.74) is 3.02. The Labute approximate surface area is 69.3 Å². The van der Waals surface area contributed by atoms with Crippen molar-refractivity contribution in [3.63, 3.8) is 0 Å². The van der Waals surface area contributed by atoms with E-state index in [9.17, 15) is 0 Å². The SMILES string of the molecule is C=C/C(C)=C(/CC)C(=N)CC. The Morgan fingerprint density at radius 2 is 1.91 bits per heavy atom. The second-order valence-electron chi connectivity index (χ2n) is 2.55. The van der Waals surface area contributed by atoms with Gasteiger partial charge in [-0.15, -0.1) is 0 Å². The summed E-state index contributed by atoms with van der Waals surface area (Å²) in [5.74, 6) is 0. The summed E-state index contributed by atoms with van der Waals surface area (Å²) < 4.78 is 0. The van der Waals surface area contributed by atoms with Crippen molar-refractivity contribution in [2.75, 3.05) is 0 Å². The number of allylic oxidation sites excluding steroid dienone is 3. The number of hydrogen-bond acceptors (Lipinski definition) is 1. The fraction of sp³-hybridized carbons (Fsp3) is 0.500. The first kappa shape index (κ1) is 10.2. The molecule has 0 aromatic rings. The van der Waals surface area contributed by atoms with E-state index in [2.05, 4.69) is 13.5 Å². The van der Waals surface area contributed by atoms with Crippen LogP contribution in [-0.4, -0.2) is 5.71 Å². The summed E-state index contributed by atoms with van der Waals surface area (Å²) in [6, 6.07) is 0. The minimum absolute atomic E-state index is 0.741. The van der Waals surface area contributed by atoms with Gasteiger partial charge in [0.15, 0.2) is 0 Å². The minimum atomic E-state index is 0.741. The van der Waals surface area contributed by atoms with Gasteiger partial charge >= 0.3 is 0 Å². The van der Waals surface area contributed by atoms with Gasteiger partial charge < -0.3 is 5.41 Å². The molecule has 0 fully saturated rings. The zero-order valence-corrected chi connectivity index (χ0v) is 7.70. The van der Waals surface area contributed by atoms with Crippen molar-refractivity contribution in [2.24, 2.45) is 0 Å². The molecule has 0 spiro atoms. The van der Waals surface area contributed by atoms with Gasteiger partial charge in [0, 0.05) is 5.71 Å². The highest BCUT2D eigenvalue weighted by Gasteiger charge is 2.01. The summed E-state index contributed by atoms with van der Waals surface area (Å²) in [7, 11) is 0. The topological polar surface area (TPSA) is 23.9 Å². The van der Waals surface area contributed by atoms with Crippen molar-refractivity contribution in [2.45, 2.75) is 33.6 Å². The fourth-order valence-electron chi connectivity index (χ4n) is 1.07. The van der Waals surface area contributed by atoms with Crippen molar-refractivity contribution in [1.82, 2.24) is 0 Å². The summed E-state index contributed by atoms with van der Waals surface area (Å²) >= 11 is 0. The molecule has 0 unspecified atom stereocenters. The Bertz CT molecular complexity index is 187. The van der Waals surface area contributed by atoms with Gasteiger partial charge in [0.2, 0.25) is 0 Å². The molecule has 0 aromatic heterocycles. The lowest BCUT2D eigenvalue weighted by atomic mass is 10.0. The van der Waals surface area contributed by atoms with Crippen LogP contribution in [0.1, 0.15) is 33.6 Å². The van der Waals surface area contributed by atoms with Crippen LogP contribution in [0.25, 0.3) is 0 Å². The Hall–Kier alpha value is -0.850. The molecule has 11 heavy (non-hydrogen) atoms. The van der Waals surface area contributed by atoms with Crippen LogP contribution in [0.2, 0.25) is 0 Å². The Kier molecular flexibility index (Phi) is 4.51. The molecule has 62 valence electrons. The summed E-state index contributed by atoms with van der Waals surface area (Å²) in [6.07, 6.45) is 3.57. The first-order valence-corrected chi connectivity index (χ1v) is 4.07. The molecular formula is C10H17N. The molecule has 0 amide bonds. The van der Waals surface area contributed by atoms with E-state index in [-0.39, 0.29) is 0 Å². The second kappa shape index (κ2) is 4.89. The fourth-order valence-corrected chi connectivity index (χ4v) is 1.07. The molecule has 0 aliphatic carbocycles. The van der Waals surface area contributed by atoms with E-state index in [1.807, 2.05) is 19.9 Å². The van der Waals surface area contributed by atoms with Crippen LogP contribution >= 0.6 is 0 Å². The van der Waals surface area contributed by atoms with Crippen LogP contribution in [0.15, 0.2) is 23.8 Å². The molecule has 0 aromatic carbocycles. The Morgan fingerprint density at radius 1 is 1.36 bits per heavy atom. The molecule has 0 saturated heterocycles. The van der Waals surface area contributed by atoms with Crippen molar-refractivity contribution in [3.8, 4) is 0 Å². The summed E-state index contributed by atoms with van der Waals surface area (Å²) in [4.78, 5) is 0. The normalized spacial score (nSPS) is 12.3. The molecule has 1 N–H and O–H groups in total. The van der Waals surface area contributed by atoms with Crippen LogP contribution in [0, 0.1) is 5.41 Å². The molecule has 0 bridgehead atoms. The molecule has 0 radical (unpaired) electrons. The molecule has 0 atom stereocenters. The van der Waals surface area contributed by atoms with Gasteiger partial charge in [0.1, 0.15) is 0 Å². The smallest absolute Gasteiger partial charge is 0.0345 e. The van der Waals surface area contributed by atoms with E-state index in [4.69, 9.17) is 5.41 Å². The molecule has 1 heteroatoms. The maximum Gasteiger partial charge on any atom is 0.0345 e. The lowest BCUT2D eigenvalue weighted by Crippen LogP contribution is -2.00. The van der Waals surface area contributed by atoms with E-state index in [1.165, 1.54) is 0 Å². The van der Waals surface area contributed by atoms with Crippen LogP contribution in [0.3, 0.4) is 0 Å². The average Bonchev–Trinajstić information content (AvgIpc) is 2.05. The molecule has 1 nitrogen and oxygen atoms in total. The van der Waals surface area contributed by atoms with Crippen LogP contribution in [-0.2, 0) is 0 Å². The van der Waals surface area contributed by atoms with Crippen LogP contribution in [0.4, 0.5) is 0 Å².